The molecular weight excluding hydrogens is 259 g/mol. The molecule has 6 heteroatoms. The first-order valence-electron chi connectivity index (χ1n) is 4.94. The van der Waals surface area contributed by atoms with Gasteiger partial charge in [0.1, 0.15) is 0 Å². The second-order valence-corrected chi connectivity index (χ2v) is 5.63. The van der Waals surface area contributed by atoms with Crippen LogP contribution in [0.4, 0.5) is 4.69 Å². The normalized spacial score (nSPS) is 16.4. The Labute approximate surface area is 91.9 Å². The Balaban J connectivity index is 2.13. The van der Waals surface area contributed by atoms with Gasteiger partial charge >= 0.3 is 91.6 Å². The zero-order chi connectivity index (χ0) is 10.3. The fourth-order valence-corrected chi connectivity index (χ4v) is 3.83. The fraction of sp³-hybridized carbons (Fsp3) is 0.444. The molecule has 1 N–H and O–H groups in total. The van der Waals surface area contributed by atoms with Gasteiger partial charge in [-0.3, -0.25) is 0 Å². The standard InChI is InChI=1S/C9H10N4OSe/c14-8-6-7(10-5-11-8)12-9(15-6)13-3-1-2-4-13/h5H,1-4H2,(H,10,11,14). The van der Waals surface area contributed by atoms with Gasteiger partial charge in [0.25, 0.3) is 0 Å². The molecule has 1 aliphatic heterocycles. The van der Waals surface area contributed by atoms with Crippen molar-refractivity contribution in [1.29, 1.82) is 0 Å². The first-order valence-corrected chi connectivity index (χ1v) is 6.65. The van der Waals surface area contributed by atoms with Crippen LogP contribution in [0, 0.1) is 0 Å². The van der Waals surface area contributed by atoms with Gasteiger partial charge in [0.2, 0.25) is 0 Å². The number of hydrogen-bond donors (Lipinski definition) is 1. The molecule has 0 spiro atoms. The second-order valence-electron chi connectivity index (χ2n) is 3.57. The van der Waals surface area contributed by atoms with Crippen molar-refractivity contribution in [1.82, 2.24) is 15.0 Å². The molecule has 0 aromatic carbocycles. The van der Waals surface area contributed by atoms with Crippen LogP contribution in [0.1, 0.15) is 12.8 Å². The maximum atomic E-state index is 11.5. The van der Waals surface area contributed by atoms with E-state index in [-0.39, 0.29) is 20.1 Å². The summed E-state index contributed by atoms with van der Waals surface area (Å²) >= 11 is 0.0432. The summed E-state index contributed by atoms with van der Waals surface area (Å²) in [6.45, 7) is 2.15. The van der Waals surface area contributed by atoms with Gasteiger partial charge in [-0.05, 0) is 0 Å². The molecule has 1 saturated heterocycles. The number of nitrogens with one attached hydrogen (secondary N) is 1. The van der Waals surface area contributed by atoms with E-state index in [4.69, 9.17) is 0 Å². The molecule has 2 aromatic heterocycles. The predicted molar refractivity (Wildman–Crippen MR) is 58.5 cm³/mol. The molecule has 0 saturated carbocycles. The molecule has 5 nitrogen and oxygen atoms in total. The summed E-state index contributed by atoms with van der Waals surface area (Å²) in [5.74, 6) is 0. The van der Waals surface area contributed by atoms with E-state index in [1.54, 1.807) is 0 Å². The van der Waals surface area contributed by atoms with Crippen molar-refractivity contribution in [2.75, 3.05) is 18.0 Å². The third-order valence-corrected chi connectivity index (χ3v) is 4.88. The van der Waals surface area contributed by atoms with Crippen LogP contribution in [0.2, 0.25) is 0 Å². The summed E-state index contributed by atoms with van der Waals surface area (Å²) in [7, 11) is 0. The molecule has 1 fully saturated rings. The number of hydrogen-bond acceptors (Lipinski definition) is 4. The number of rotatable bonds is 1. The molecule has 0 aliphatic carbocycles. The van der Waals surface area contributed by atoms with Gasteiger partial charge in [-0.25, -0.2) is 0 Å². The SMILES string of the molecule is O=c1[nH]cnc2nc(N3CCCC3)[se]c12. The van der Waals surface area contributed by atoms with Gasteiger partial charge in [0.15, 0.2) is 0 Å². The van der Waals surface area contributed by atoms with E-state index in [9.17, 15) is 4.79 Å². The molecule has 0 unspecified atom stereocenters. The van der Waals surface area contributed by atoms with Crippen molar-refractivity contribution in [2.24, 2.45) is 0 Å². The van der Waals surface area contributed by atoms with Crippen LogP contribution in [-0.2, 0) is 0 Å². The summed E-state index contributed by atoms with van der Waals surface area (Å²) in [4.78, 5) is 24.9. The third-order valence-electron chi connectivity index (χ3n) is 2.56. The molecular formula is C9H10N4OSe. The Morgan fingerprint density at radius 1 is 1.40 bits per heavy atom. The van der Waals surface area contributed by atoms with Crippen molar-refractivity contribution in [3.05, 3.63) is 16.7 Å². The van der Waals surface area contributed by atoms with Gasteiger partial charge in [-0.15, -0.1) is 0 Å². The number of fused-ring (bicyclic) bond motifs is 1. The molecule has 3 rings (SSSR count). The van der Waals surface area contributed by atoms with Crippen molar-refractivity contribution in [3.8, 4) is 0 Å². The van der Waals surface area contributed by atoms with Crippen LogP contribution in [-0.4, -0.2) is 42.5 Å². The van der Waals surface area contributed by atoms with E-state index < -0.39 is 0 Å². The van der Waals surface area contributed by atoms with Crippen LogP contribution in [0.5, 0.6) is 0 Å². The molecule has 0 bridgehead atoms. The molecule has 3 heterocycles. The Morgan fingerprint density at radius 2 is 2.20 bits per heavy atom. The third kappa shape index (κ3) is 1.50. The van der Waals surface area contributed by atoms with Crippen molar-refractivity contribution < 1.29 is 0 Å². The number of aromatic amines is 1. The summed E-state index contributed by atoms with van der Waals surface area (Å²) in [6, 6.07) is 0. The first kappa shape index (κ1) is 9.12. The van der Waals surface area contributed by atoms with Gasteiger partial charge in [-0.1, -0.05) is 0 Å². The van der Waals surface area contributed by atoms with Gasteiger partial charge in [-0.2, -0.15) is 0 Å². The van der Waals surface area contributed by atoms with E-state index in [0.717, 1.165) is 22.0 Å². The molecule has 1 aliphatic rings. The van der Waals surface area contributed by atoms with E-state index >= 15 is 0 Å². The minimum atomic E-state index is -0.0297. The number of H-pyrrole nitrogens is 1. The fourth-order valence-electron chi connectivity index (χ4n) is 1.80. The average molecular weight is 269 g/mol. The molecule has 0 atom stereocenters. The number of aromatic nitrogens is 3. The van der Waals surface area contributed by atoms with E-state index in [1.165, 1.54) is 19.2 Å². The van der Waals surface area contributed by atoms with Gasteiger partial charge in [0.05, 0.1) is 0 Å². The van der Waals surface area contributed by atoms with Crippen molar-refractivity contribution in [2.45, 2.75) is 12.8 Å². The molecule has 78 valence electrons. The Kier molecular flexibility index (Phi) is 2.11. The van der Waals surface area contributed by atoms with Gasteiger partial charge < -0.3 is 0 Å². The zero-order valence-corrected chi connectivity index (χ0v) is 9.78. The second kappa shape index (κ2) is 3.47. The Bertz CT molecular complexity index is 540. The quantitative estimate of drug-likeness (QED) is 0.739. The molecule has 0 radical (unpaired) electrons. The van der Waals surface area contributed by atoms with Crippen molar-refractivity contribution in [3.63, 3.8) is 0 Å². The summed E-state index contributed by atoms with van der Waals surface area (Å²) in [6.07, 6.45) is 3.89. The van der Waals surface area contributed by atoms with Crippen LogP contribution < -0.4 is 10.5 Å². The monoisotopic (exact) mass is 270 g/mol. The van der Waals surface area contributed by atoms with Crippen LogP contribution in [0.25, 0.3) is 9.91 Å². The zero-order valence-electron chi connectivity index (χ0n) is 8.06. The maximum absolute atomic E-state index is 11.5. The van der Waals surface area contributed by atoms with Crippen LogP contribution >= 0.6 is 0 Å². The van der Waals surface area contributed by atoms with Crippen molar-refractivity contribution >= 4 is 29.1 Å². The summed E-state index contributed by atoms with van der Waals surface area (Å²) in [5.41, 5.74) is 0.596. The molecule has 2 aromatic rings. The first-order chi connectivity index (χ1) is 7.34. The van der Waals surface area contributed by atoms with Crippen LogP contribution in [0.3, 0.4) is 0 Å². The minimum absolute atomic E-state index is 0.0297. The predicted octanol–water partition coefficient (Wildman–Crippen LogP) is -0.0247. The average Bonchev–Trinajstić information content (AvgIpc) is 2.86. The van der Waals surface area contributed by atoms with Crippen LogP contribution in [0.15, 0.2) is 11.1 Å². The number of anilines is 1. The Morgan fingerprint density at radius 3 is 2.93 bits per heavy atom. The topological polar surface area (TPSA) is 61.9 Å². The summed E-state index contributed by atoms with van der Waals surface area (Å²) in [5, 5.41) is 0. The molecule has 0 amide bonds. The Hall–Kier alpha value is -1.13. The van der Waals surface area contributed by atoms with E-state index in [2.05, 4.69) is 19.9 Å². The van der Waals surface area contributed by atoms with E-state index in [1.807, 2.05) is 0 Å². The van der Waals surface area contributed by atoms with E-state index in [0.29, 0.717) is 5.65 Å². The number of nitrogens with zero attached hydrogens (tertiary/aromatic N) is 3. The molecule has 15 heavy (non-hydrogen) atoms. The summed E-state index contributed by atoms with van der Waals surface area (Å²) < 4.78 is 1.84. The van der Waals surface area contributed by atoms with Gasteiger partial charge in [0, 0.05) is 0 Å².